The van der Waals surface area contributed by atoms with E-state index >= 15 is 0 Å². The van der Waals surface area contributed by atoms with Gasteiger partial charge in [0, 0.05) is 16.1 Å². The molecule has 0 saturated carbocycles. The van der Waals surface area contributed by atoms with E-state index in [0.29, 0.717) is 6.04 Å². The maximum atomic E-state index is 5.54. The second kappa shape index (κ2) is 4.83. The van der Waals surface area contributed by atoms with Gasteiger partial charge >= 0.3 is 0 Å². The molecular weight excluding hydrogens is 294 g/mol. The maximum Gasteiger partial charge on any atom is 0.122 e. The van der Waals surface area contributed by atoms with E-state index < -0.39 is 0 Å². The van der Waals surface area contributed by atoms with Crippen LogP contribution in [-0.4, -0.2) is 32.9 Å². The number of rotatable bonds is 3. The molecule has 0 aromatic heterocycles. The highest BCUT2D eigenvalue weighted by Gasteiger charge is 2.49. The van der Waals surface area contributed by atoms with Gasteiger partial charge in [-0.3, -0.25) is 0 Å². The maximum absolute atomic E-state index is 5.54. The minimum atomic E-state index is 0.0889. The molecule has 3 nitrogen and oxygen atoms in total. The molecule has 2 aliphatic rings. The molecule has 0 spiro atoms. The lowest BCUT2D eigenvalue weighted by Gasteiger charge is -2.47. The Hall–Kier alpha value is -0.580. The second-order valence-electron chi connectivity index (χ2n) is 5.14. The van der Waals surface area contributed by atoms with Gasteiger partial charge in [-0.25, -0.2) is 0 Å². The van der Waals surface area contributed by atoms with Crippen molar-refractivity contribution in [2.45, 2.75) is 24.3 Å². The summed E-state index contributed by atoms with van der Waals surface area (Å²) in [7, 11) is 1.74. The Kier molecular flexibility index (Phi) is 3.34. The quantitative estimate of drug-likeness (QED) is 0.930. The Morgan fingerprint density at radius 3 is 2.83 bits per heavy atom. The van der Waals surface area contributed by atoms with E-state index in [-0.39, 0.29) is 5.41 Å². The molecule has 2 fully saturated rings. The summed E-state index contributed by atoms with van der Waals surface area (Å²) >= 11 is 3.56. The smallest absolute Gasteiger partial charge is 0.122 e. The van der Waals surface area contributed by atoms with Crippen molar-refractivity contribution in [2.75, 3.05) is 26.9 Å². The van der Waals surface area contributed by atoms with Crippen LogP contribution in [0.3, 0.4) is 0 Å². The first-order chi connectivity index (χ1) is 8.76. The molecule has 2 saturated heterocycles. The van der Waals surface area contributed by atoms with Crippen molar-refractivity contribution in [3.8, 4) is 5.75 Å². The van der Waals surface area contributed by atoms with Crippen LogP contribution < -0.4 is 10.1 Å². The molecule has 0 radical (unpaired) electrons. The van der Waals surface area contributed by atoms with Crippen molar-refractivity contribution in [1.82, 2.24) is 5.32 Å². The summed E-state index contributed by atoms with van der Waals surface area (Å²) in [5, 5.41) is 3.62. The normalized spacial score (nSPS) is 25.8. The van der Waals surface area contributed by atoms with E-state index in [1.54, 1.807) is 7.11 Å². The van der Waals surface area contributed by atoms with Gasteiger partial charge < -0.3 is 14.8 Å². The van der Waals surface area contributed by atoms with E-state index in [4.69, 9.17) is 9.47 Å². The summed E-state index contributed by atoms with van der Waals surface area (Å²) in [6, 6.07) is 6.75. The molecule has 4 heteroatoms. The fraction of sp³-hybridized carbons (Fsp3) is 0.571. The number of nitrogens with one attached hydrogen (secondary N) is 1. The van der Waals surface area contributed by atoms with Gasteiger partial charge in [-0.2, -0.15) is 0 Å². The summed E-state index contributed by atoms with van der Waals surface area (Å²) < 4.78 is 12.2. The second-order valence-corrected chi connectivity index (χ2v) is 6.06. The molecule has 0 bridgehead atoms. The summed E-state index contributed by atoms with van der Waals surface area (Å²) in [6.45, 7) is 2.69. The van der Waals surface area contributed by atoms with Crippen molar-refractivity contribution in [1.29, 1.82) is 0 Å². The zero-order valence-electron chi connectivity index (χ0n) is 10.5. The predicted octanol–water partition coefficient (Wildman–Crippen LogP) is 2.48. The van der Waals surface area contributed by atoms with Crippen LogP contribution in [0.4, 0.5) is 0 Å². The fourth-order valence-electron chi connectivity index (χ4n) is 3.09. The Bertz CT molecular complexity index is 439. The lowest BCUT2D eigenvalue weighted by molar-refractivity contribution is -0.0769. The van der Waals surface area contributed by atoms with E-state index in [0.717, 1.165) is 30.0 Å². The van der Waals surface area contributed by atoms with E-state index in [9.17, 15) is 0 Å². The van der Waals surface area contributed by atoms with Crippen LogP contribution in [0.2, 0.25) is 0 Å². The molecule has 1 unspecified atom stereocenters. The lowest BCUT2D eigenvalue weighted by Crippen LogP contribution is -2.58. The van der Waals surface area contributed by atoms with Crippen LogP contribution >= 0.6 is 15.9 Å². The van der Waals surface area contributed by atoms with Crippen LogP contribution in [0.15, 0.2) is 22.7 Å². The van der Waals surface area contributed by atoms with E-state index in [2.05, 4.69) is 27.3 Å². The highest BCUT2D eigenvalue weighted by molar-refractivity contribution is 9.10. The Morgan fingerprint density at radius 1 is 1.44 bits per heavy atom. The molecule has 1 N–H and O–H groups in total. The SMILES string of the molecule is COc1ccc(Br)cc1C1(C2CCCN2)COC1. The van der Waals surface area contributed by atoms with Crippen LogP contribution in [0.1, 0.15) is 18.4 Å². The van der Waals surface area contributed by atoms with Crippen molar-refractivity contribution in [3.05, 3.63) is 28.2 Å². The number of halogens is 1. The lowest BCUT2D eigenvalue weighted by atomic mass is 9.71. The number of hydrogen-bond acceptors (Lipinski definition) is 3. The molecule has 1 aromatic carbocycles. The van der Waals surface area contributed by atoms with E-state index in [1.807, 2.05) is 12.1 Å². The minimum Gasteiger partial charge on any atom is -0.496 e. The average Bonchev–Trinajstić information content (AvgIpc) is 2.82. The highest BCUT2D eigenvalue weighted by atomic mass is 79.9. The van der Waals surface area contributed by atoms with Crippen LogP contribution in [0, 0.1) is 0 Å². The van der Waals surface area contributed by atoms with Gasteiger partial charge in [-0.05, 0) is 37.6 Å². The average molecular weight is 312 g/mol. The topological polar surface area (TPSA) is 30.5 Å². The van der Waals surface area contributed by atoms with E-state index in [1.165, 1.54) is 18.4 Å². The first kappa shape index (κ1) is 12.5. The van der Waals surface area contributed by atoms with Crippen molar-refractivity contribution >= 4 is 15.9 Å². The minimum absolute atomic E-state index is 0.0889. The van der Waals surface area contributed by atoms with Gasteiger partial charge in [-0.1, -0.05) is 15.9 Å². The predicted molar refractivity (Wildman–Crippen MR) is 74.2 cm³/mol. The van der Waals surface area contributed by atoms with Crippen LogP contribution in [-0.2, 0) is 10.2 Å². The van der Waals surface area contributed by atoms with Gasteiger partial charge in [0.1, 0.15) is 5.75 Å². The van der Waals surface area contributed by atoms with Crippen molar-refractivity contribution in [2.24, 2.45) is 0 Å². The van der Waals surface area contributed by atoms with Crippen molar-refractivity contribution < 1.29 is 9.47 Å². The van der Waals surface area contributed by atoms with Gasteiger partial charge in [-0.15, -0.1) is 0 Å². The van der Waals surface area contributed by atoms with Crippen LogP contribution in [0.5, 0.6) is 5.75 Å². The van der Waals surface area contributed by atoms with Crippen molar-refractivity contribution in [3.63, 3.8) is 0 Å². The monoisotopic (exact) mass is 311 g/mol. The summed E-state index contributed by atoms with van der Waals surface area (Å²) in [5.41, 5.74) is 1.36. The molecule has 18 heavy (non-hydrogen) atoms. The third kappa shape index (κ3) is 1.87. The number of benzene rings is 1. The molecule has 1 aromatic rings. The Morgan fingerprint density at radius 2 is 2.28 bits per heavy atom. The fourth-order valence-corrected chi connectivity index (χ4v) is 3.45. The first-order valence-electron chi connectivity index (χ1n) is 6.41. The number of methoxy groups -OCH3 is 1. The van der Waals surface area contributed by atoms with Gasteiger partial charge in [0.2, 0.25) is 0 Å². The zero-order valence-corrected chi connectivity index (χ0v) is 12.1. The zero-order chi connectivity index (χ0) is 12.6. The number of ether oxygens (including phenoxy) is 2. The standard InChI is InChI=1S/C14H18BrNO2/c1-17-12-5-4-10(15)7-11(12)14(8-18-9-14)13-3-2-6-16-13/h4-5,7,13,16H,2-3,6,8-9H2,1H3. The summed E-state index contributed by atoms with van der Waals surface area (Å²) in [5.74, 6) is 0.968. The highest BCUT2D eigenvalue weighted by Crippen LogP contribution is 2.43. The third-order valence-electron chi connectivity index (χ3n) is 4.14. The molecule has 2 aliphatic heterocycles. The molecule has 1 atom stereocenters. The Labute approximate surface area is 116 Å². The van der Waals surface area contributed by atoms with Gasteiger partial charge in [0.25, 0.3) is 0 Å². The molecule has 2 heterocycles. The van der Waals surface area contributed by atoms with Crippen LogP contribution in [0.25, 0.3) is 0 Å². The summed E-state index contributed by atoms with van der Waals surface area (Å²) in [4.78, 5) is 0. The Balaban J connectivity index is 2.02. The number of hydrogen-bond donors (Lipinski definition) is 1. The molecule has 0 aliphatic carbocycles. The molecule has 0 amide bonds. The third-order valence-corrected chi connectivity index (χ3v) is 4.64. The first-order valence-corrected chi connectivity index (χ1v) is 7.21. The van der Waals surface area contributed by atoms with Gasteiger partial charge in [0.15, 0.2) is 0 Å². The molecular formula is C14H18BrNO2. The largest absolute Gasteiger partial charge is 0.496 e. The van der Waals surface area contributed by atoms with Gasteiger partial charge in [0.05, 0.1) is 25.7 Å². The summed E-state index contributed by atoms with van der Waals surface area (Å²) in [6.07, 6.45) is 2.47. The molecule has 98 valence electrons. The molecule has 3 rings (SSSR count).